The van der Waals surface area contributed by atoms with E-state index in [1.165, 1.54) is 92.1 Å². The lowest BCUT2D eigenvalue weighted by Crippen LogP contribution is -2.42. The molecule has 0 aliphatic rings. The standard InChI is InChI=1S/C34H35F2N3O7S/c1-21(2)38-29(18-17-27(40)19-28(41)20-30(42)46-3)31(22-9-13-24(35)14-10-22)32(23-11-15-25(36)16-12-23)33(38)34(43)39(47(37,44)45)26-7-5-4-6-8-26/h4-18,21,27-28,40-41H,19-20H2,1-3H3,(H2,37,44,45). The van der Waals surface area contributed by atoms with E-state index >= 15 is 0 Å². The summed E-state index contributed by atoms with van der Waals surface area (Å²) in [7, 11) is -3.53. The molecule has 4 rings (SSSR count). The predicted octanol–water partition coefficient (Wildman–Crippen LogP) is 5.22. The molecule has 10 nitrogen and oxygen atoms in total. The highest BCUT2D eigenvalue weighted by Gasteiger charge is 2.36. The summed E-state index contributed by atoms with van der Waals surface area (Å²) in [5, 5.41) is 26.7. The van der Waals surface area contributed by atoms with Gasteiger partial charge in [-0.25, -0.2) is 13.9 Å². The van der Waals surface area contributed by atoms with Crippen LogP contribution < -0.4 is 9.44 Å². The summed E-state index contributed by atoms with van der Waals surface area (Å²) in [6, 6.07) is 17.6. The molecule has 47 heavy (non-hydrogen) atoms. The molecule has 0 saturated heterocycles. The number of aliphatic hydroxyl groups excluding tert-OH is 2. The third-order valence-electron chi connectivity index (χ3n) is 7.28. The van der Waals surface area contributed by atoms with Crippen molar-refractivity contribution in [1.82, 2.24) is 4.57 Å². The van der Waals surface area contributed by atoms with Crippen molar-refractivity contribution < 1.29 is 41.7 Å². The van der Waals surface area contributed by atoms with Gasteiger partial charge < -0.3 is 19.5 Å². The lowest BCUT2D eigenvalue weighted by Gasteiger charge is -2.23. The number of esters is 1. The van der Waals surface area contributed by atoms with Crippen LogP contribution in [0.3, 0.4) is 0 Å². The number of anilines is 1. The zero-order chi connectivity index (χ0) is 34.5. The molecule has 4 aromatic rings. The molecule has 1 amide bonds. The second kappa shape index (κ2) is 14.8. The largest absolute Gasteiger partial charge is 0.469 e. The fraction of sp³-hybridized carbons (Fsp3) is 0.235. The van der Waals surface area contributed by atoms with Crippen LogP contribution in [0.25, 0.3) is 28.3 Å². The number of rotatable bonds is 12. The maximum Gasteiger partial charge on any atom is 0.308 e. The van der Waals surface area contributed by atoms with Gasteiger partial charge in [-0.15, -0.1) is 0 Å². The summed E-state index contributed by atoms with van der Waals surface area (Å²) in [5.74, 6) is -2.78. The minimum Gasteiger partial charge on any atom is -0.469 e. The summed E-state index contributed by atoms with van der Waals surface area (Å²) in [4.78, 5) is 26.2. The molecule has 0 bridgehead atoms. The van der Waals surface area contributed by atoms with Crippen LogP contribution in [0.2, 0.25) is 0 Å². The van der Waals surface area contributed by atoms with Crippen molar-refractivity contribution >= 4 is 33.8 Å². The summed E-state index contributed by atoms with van der Waals surface area (Å²) in [6.45, 7) is 3.49. The summed E-state index contributed by atoms with van der Waals surface area (Å²) in [6.07, 6.45) is -0.243. The first-order chi connectivity index (χ1) is 22.2. The smallest absolute Gasteiger partial charge is 0.308 e. The fourth-order valence-electron chi connectivity index (χ4n) is 5.28. The van der Waals surface area contributed by atoms with Crippen molar-refractivity contribution in [2.75, 3.05) is 11.4 Å². The molecule has 0 saturated carbocycles. The van der Waals surface area contributed by atoms with E-state index in [0.717, 1.165) is 0 Å². The van der Waals surface area contributed by atoms with Gasteiger partial charge in [0.15, 0.2) is 0 Å². The van der Waals surface area contributed by atoms with E-state index in [9.17, 15) is 37.0 Å². The van der Waals surface area contributed by atoms with E-state index < -0.39 is 52.0 Å². The van der Waals surface area contributed by atoms with E-state index in [2.05, 4.69) is 4.74 Å². The number of nitrogens with zero attached hydrogens (tertiary/aromatic N) is 2. The topological polar surface area (TPSA) is 152 Å². The molecule has 4 N–H and O–H groups in total. The highest BCUT2D eigenvalue weighted by atomic mass is 32.2. The molecule has 2 unspecified atom stereocenters. The van der Waals surface area contributed by atoms with E-state index in [4.69, 9.17) is 5.14 Å². The van der Waals surface area contributed by atoms with Gasteiger partial charge in [-0.1, -0.05) is 48.5 Å². The van der Waals surface area contributed by atoms with Gasteiger partial charge >= 0.3 is 16.2 Å². The molecular formula is C34H35F2N3O7S. The minimum absolute atomic E-state index is 0.0306. The molecule has 0 radical (unpaired) electrons. The molecule has 0 aliphatic carbocycles. The third kappa shape index (κ3) is 8.19. The second-order valence-electron chi connectivity index (χ2n) is 11.0. The van der Waals surface area contributed by atoms with Crippen molar-refractivity contribution in [3.05, 3.63) is 108 Å². The number of nitrogens with two attached hydrogens (primary N) is 1. The van der Waals surface area contributed by atoms with Crippen LogP contribution in [0.15, 0.2) is 84.9 Å². The van der Waals surface area contributed by atoms with Crippen molar-refractivity contribution in [3.63, 3.8) is 0 Å². The molecule has 13 heteroatoms. The molecule has 1 aromatic heterocycles. The normalized spacial score (nSPS) is 13.1. The van der Waals surface area contributed by atoms with Gasteiger partial charge in [0, 0.05) is 29.3 Å². The summed E-state index contributed by atoms with van der Waals surface area (Å²) in [5.41, 5.74) is 1.42. The number of hydrogen-bond acceptors (Lipinski definition) is 7. The van der Waals surface area contributed by atoms with Crippen molar-refractivity contribution in [2.24, 2.45) is 5.14 Å². The van der Waals surface area contributed by atoms with E-state index in [-0.39, 0.29) is 29.8 Å². The molecule has 3 aromatic carbocycles. The first kappa shape index (κ1) is 35.2. The van der Waals surface area contributed by atoms with Crippen molar-refractivity contribution in [1.29, 1.82) is 0 Å². The third-order valence-corrected chi connectivity index (χ3v) is 8.16. The Morgan fingerprint density at radius 2 is 1.45 bits per heavy atom. The van der Waals surface area contributed by atoms with E-state index in [0.29, 0.717) is 26.7 Å². The molecule has 1 heterocycles. The van der Waals surface area contributed by atoms with Gasteiger partial charge in [-0.05, 0) is 67.4 Å². The molecule has 2 atom stereocenters. The van der Waals surface area contributed by atoms with Crippen LogP contribution in [0, 0.1) is 11.6 Å². The second-order valence-corrected chi connectivity index (χ2v) is 12.4. The van der Waals surface area contributed by atoms with Crippen molar-refractivity contribution in [3.8, 4) is 22.3 Å². The Morgan fingerprint density at radius 1 is 0.915 bits per heavy atom. The van der Waals surface area contributed by atoms with Gasteiger partial charge in [0.1, 0.15) is 17.3 Å². The average molecular weight is 668 g/mol. The van der Waals surface area contributed by atoms with Gasteiger partial charge in [-0.3, -0.25) is 9.59 Å². The number of ether oxygens (including phenoxy) is 1. The predicted molar refractivity (Wildman–Crippen MR) is 174 cm³/mol. The summed E-state index contributed by atoms with van der Waals surface area (Å²) < 4.78 is 60.9. The van der Waals surface area contributed by atoms with Crippen LogP contribution in [-0.4, -0.2) is 54.4 Å². The number of halogens is 2. The number of hydrogen-bond donors (Lipinski definition) is 3. The lowest BCUT2D eigenvalue weighted by atomic mass is 9.94. The number of para-hydroxylation sites is 1. The first-order valence-corrected chi connectivity index (χ1v) is 16.1. The number of aliphatic hydroxyl groups is 2. The fourth-order valence-corrected chi connectivity index (χ4v) is 6.02. The maximum atomic E-state index is 14.6. The Balaban J connectivity index is 2.06. The van der Waals surface area contributed by atoms with Gasteiger partial charge in [0.25, 0.3) is 5.91 Å². The Morgan fingerprint density at radius 3 is 1.94 bits per heavy atom. The monoisotopic (exact) mass is 667 g/mol. The molecular weight excluding hydrogens is 632 g/mol. The SMILES string of the molecule is COC(=O)CC(O)CC(O)C=Cc1c(-c2ccc(F)cc2)c(-c2ccc(F)cc2)c(C(=O)N(c2ccccc2)S(N)(=O)=O)n1C(C)C. The van der Waals surface area contributed by atoms with Crippen LogP contribution in [-0.2, 0) is 19.7 Å². The number of carbonyl (C=O) groups excluding carboxylic acids is 2. The lowest BCUT2D eigenvalue weighted by molar-refractivity contribution is -0.143. The molecule has 0 spiro atoms. The summed E-state index contributed by atoms with van der Waals surface area (Å²) >= 11 is 0. The Kier molecular flexibility index (Phi) is 11.1. The Labute approximate surface area is 271 Å². The number of benzene rings is 3. The first-order valence-electron chi connectivity index (χ1n) is 14.6. The molecule has 0 aliphatic heterocycles. The number of aromatic nitrogens is 1. The highest BCUT2D eigenvalue weighted by molar-refractivity contribution is 7.91. The zero-order valence-electron chi connectivity index (χ0n) is 25.9. The van der Waals surface area contributed by atoms with Crippen LogP contribution in [0.5, 0.6) is 0 Å². The van der Waals surface area contributed by atoms with Crippen LogP contribution in [0.4, 0.5) is 14.5 Å². The van der Waals surface area contributed by atoms with Gasteiger partial charge in [0.2, 0.25) is 0 Å². The van der Waals surface area contributed by atoms with Gasteiger partial charge in [-0.2, -0.15) is 12.7 Å². The van der Waals surface area contributed by atoms with Crippen LogP contribution >= 0.6 is 0 Å². The van der Waals surface area contributed by atoms with Gasteiger partial charge in [0.05, 0.1) is 31.4 Å². The molecule has 248 valence electrons. The van der Waals surface area contributed by atoms with Crippen molar-refractivity contribution in [2.45, 2.75) is 44.9 Å². The molecule has 0 fully saturated rings. The maximum absolute atomic E-state index is 14.6. The number of amides is 1. The average Bonchev–Trinajstić information content (AvgIpc) is 3.36. The number of carbonyl (C=O) groups is 2. The number of methoxy groups -OCH3 is 1. The van der Waals surface area contributed by atoms with Crippen LogP contribution in [0.1, 0.15) is 48.9 Å². The quantitative estimate of drug-likeness (QED) is 0.175. The minimum atomic E-state index is -4.70. The van der Waals surface area contributed by atoms with E-state index in [1.54, 1.807) is 24.5 Å². The Bertz CT molecular complexity index is 1860. The highest BCUT2D eigenvalue weighted by Crippen LogP contribution is 2.43. The van der Waals surface area contributed by atoms with E-state index in [1.807, 2.05) is 0 Å². The zero-order valence-corrected chi connectivity index (χ0v) is 26.7. The Hall–Kier alpha value is -4.69.